The molecule has 0 aromatic carbocycles. The molecule has 0 aromatic rings. The first-order chi connectivity index (χ1) is 14.6. The number of allylic oxidation sites excluding steroid dienone is 1. The molecule has 0 aliphatic heterocycles. The van der Waals surface area contributed by atoms with Gasteiger partial charge in [-0.1, -0.05) is 24.2 Å². The largest absolute Gasteiger partial charge is 0.473 e. The molecule has 5 atom stereocenters. The van der Waals surface area contributed by atoms with E-state index in [0.717, 1.165) is 32.1 Å². The van der Waals surface area contributed by atoms with Gasteiger partial charge in [0.2, 0.25) is 0 Å². The van der Waals surface area contributed by atoms with Crippen LogP contribution in [-0.4, -0.2) is 77.7 Å². The quantitative estimate of drug-likeness (QED) is 0.0995. The van der Waals surface area contributed by atoms with Gasteiger partial charge >= 0.3 is 11.9 Å². The number of hydrogen-bond donors (Lipinski definition) is 6. The van der Waals surface area contributed by atoms with Gasteiger partial charge in [-0.3, -0.25) is 5.32 Å². The van der Waals surface area contributed by atoms with Crippen molar-refractivity contribution in [2.45, 2.75) is 57.3 Å². The molecule has 0 radical (unpaired) electrons. The summed E-state index contributed by atoms with van der Waals surface area (Å²) in [4.78, 5) is 23.7. The van der Waals surface area contributed by atoms with Crippen LogP contribution in [0.2, 0.25) is 0 Å². The van der Waals surface area contributed by atoms with Crippen LogP contribution < -0.4 is 10.6 Å². The maximum atomic E-state index is 11.3. The van der Waals surface area contributed by atoms with Crippen LogP contribution in [0.1, 0.15) is 45.4 Å². The minimum Gasteiger partial charge on any atom is -0.473 e. The van der Waals surface area contributed by atoms with Crippen LogP contribution in [0.25, 0.3) is 0 Å². The summed E-state index contributed by atoms with van der Waals surface area (Å²) < 4.78 is 0. The Morgan fingerprint density at radius 2 is 1.90 bits per heavy atom. The van der Waals surface area contributed by atoms with Crippen molar-refractivity contribution in [3.8, 4) is 0 Å². The van der Waals surface area contributed by atoms with Gasteiger partial charge in [0.15, 0.2) is 6.23 Å². The molecule has 2 saturated carbocycles. The van der Waals surface area contributed by atoms with Crippen LogP contribution >= 0.6 is 0 Å². The summed E-state index contributed by atoms with van der Waals surface area (Å²) in [7, 11) is 3.72. The molecule has 6 N–H and O–H groups in total. The topological polar surface area (TPSA) is 161 Å². The minimum absolute atomic E-state index is 0.140. The summed E-state index contributed by atoms with van der Waals surface area (Å²) in [6.45, 7) is 3.07. The van der Waals surface area contributed by atoms with Gasteiger partial charge in [-0.2, -0.15) is 0 Å². The van der Waals surface area contributed by atoms with Crippen molar-refractivity contribution in [3.05, 3.63) is 12.2 Å². The highest BCUT2D eigenvalue weighted by Crippen LogP contribution is 2.58. The van der Waals surface area contributed by atoms with E-state index < -0.39 is 17.5 Å². The monoisotopic (exact) mass is 443 g/mol. The Balaban J connectivity index is 0.000000703. The summed E-state index contributed by atoms with van der Waals surface area (Å²) in [5.41, 5.74) is -0.775. The normalized spacial score (nSPS) is 31.1. The van der Waals surface area contributed by atoms with E-state index in [1.54, 1.807) is 0 Å². The number of hydrogen-bond acceptors (Lipinski definition) is 8. The standard InChI is InChI=1S/C19H35N3O3.C2H2O4/c1-18-9-7-15(6-4-5-11-23)12-19(18,24)10-8-16(18)13-22-25-17(21-3)14-20-2;3-1(4)2(5)6/h4,6,13,15-17,20-21,23-24H,5,7-12,14H2,1-3H3;(H,3,4)(H,5,6)/b6-4+,22-13?;/t15-,16+,17?,18+,19-;/m0./s1. The van der Waals surface area contributed by atoms with Crippen molar-refractivity contribution in [1.29, 1.82) is 0 Å². The molecule has 0 bridgehead atoms. The Morgan fingerprint density at radius 3 is 2.45 bits per heavy atom. The molecule has 2 aliphatic rings. The van der Waals surface area contributed by atoms with E-state index in [9.17, 15) is 5.11 Å². The Bertz CT molecular complexity index is 630. The maximum Gasteiger partial charge on any atom is 0.414 e. The average Bonchev–Trinajstić information content (AvgIpc) is 2.98. The van der Waals surface area contributed by atoms with Crippen LogP contribution in [0, 0.1) is 17.3 Å². The molecule has 1 unspecified atom stereocenters. The zero-order valence-corrected chi connectivity index (χ0v) is 18.6. The second-order valence-corrected chi connectivity index (χ2v) is 8.34. The first-order valence-electron chi connectivity index (χ1n) is 10.6. The van der Waals surface area contributed by atoms with Crippen LogP contribution in [0.4, 0.5) is 0 Å². The molecule has 10 heteroatoms. The van der Waals surface area contributed by atoms with Gasteiger partial charge in [0.1, 0.15) is 0 Å². The molecule has 2 aliphatic carbocycles. The lowest BCUT2D eigenvalue weighted by Gasteiger charge is -2.48. The van der Waals surface area contributed by atoms with Crippen molar-refractivity contribution in [1.82, 2.24) is 10.6 Å². The lowest BCUT2D eigenvalue weighted by molar-refractivity contribution is -0.159. The zero-order chi connectivity index (χ0) is 23.5. The minimum atomic E-state index is -1.82. The highest BCUT2D eigenvalue weighted by Gasteiger charge is 2.58. The molecule has 0 heterocycles. The number of fused-ring (bicyclic) bond motifs is 1. The summed E-state index contributed by atoms with van der Waals surface area (Å²) in [6, 6.07) is 0. The first kappa shape index (κ1) is 27.0. The van der Waals surface area contributed by atoms with E-state index in [-0.39, 0.29) is 24.2 Å². The average molecular weight is 444 g/mol. The number of likely N-dealkylation sites (N-methyl/N-ethyl adjacent to an activating group) is 2. The van der Waals surface area contributed by atoms with E-state index in [1.165, 1.54) is 0 Å². The fourth-order valence-corrected chi connectivity index (χ4v) is 4.44. The maximum absolute atomic E-state index is 11.3. The fraction of sp³-hybridized carbons (Fsp3) is 0.762. The van der Waals surface area contributed by atoms with Crippen molar-refractivity contribution >= 4 is 18.2 Å². The summed E-state index contributed by atoms with van der Waals surface area (Å²) in [6.07, 6.45) is 11.3. The molecule has 2 fully saturated rings. The van der Waals surface area contributed by atoms with Crippen LogP contribution in [-0.2, 0) is 14.4 Å². The van der Waals surface area contributed by atoms with Crippen molar-refractivity contribution < 1.29 is 34.9 Å². The van der Waals surface area contributed by atoms with E-state index in [4.69, 9.17) is 29.7 Å². The van der Waals surface area contributed by atoms with E-state index in [0.29, 0.717) is 18.9 Å². The predicted octanol–water partition coefficient (Wildman–Crippen LogP) is 0.795. The van der Waals surface area contributed by atoms with Gasteiger partial charge in [-0.15, -0.1) is 0 Å². The van der Waals surface area contributed by atoms with E-state index in [2.05, 4.69) is 28.8 Å². The van der Waals surface area contributed by atoms with Gasteiger partial charge in [-0.05, 0) is 58.5 Å². The number of oxime groups is 1. The highest BCUT2D eigenvalue weighted by molar-refractivity contribution is 6.27. The van der Waals surface area contributed by atoms with Crippen LogP contribution in [0.3, 0.4) is 0 Å². The summed E-state index contributed by atoms with van der Waals surface area (Å²) >= 11 is 0. The van der Waals surface area contributed by atoms with E-state index in [1.807, 2.05) is 26.4 Å². The van der Waals surface area contributed by atoms with Gasteiger partial charge < -0.3 is 30.6 Å². The molecule has 0 saturated heterocycles. The number of nitrogens with zero attached hydrogens (tertiary/aromatic N) is 1. The number of nitrogens with one attached hydrogen (secondary N) is 2. The van der Waals surface area contributed by atoms with Crippen LogP contribution in [0.15, 0.2) is 17.3 Å². The number of carboxylic acids is 2. The smallest absolute Gasteiger partial charge is 0.414 e. The number of rotatable bonds is 9. The molecule has 178 valence electrons. The molecule has 0 aromatic heterocycles. The lowest BCUT2D eigenvalue weighted by Crippen LogP contribution is -2.49. The Kier molecular flexibility index (Phi) is 11.1. The van der Waals surface area contributed by atoms with Crippen molar-refractivity contribution in [2.24, 2.45) is 22.4 Å². The van der Waals surface area contributed by atoms with Gasteiger partial charge in [0.05, 0.1) is 5.60 Å². The number of aliphatic hydroxyl groups is 2. The second kappa shape index (κ2) is 12.7. The Labute approximate surface area is 183 Å². The molecular formula is C21H37N3O7. The number of aliphatic carboxylic acids is 2. The third kappa shape index (κ3) is 7.57. The summed E-state index contributed by atoms with van der Waals surface area (Å²) in [5.74, 6) is -3.00. The van der Waals surface area contributed by atoms with Crippen molar-refractivity contribution in [2.75, 3.05) is 27.2 Å². The van der Waals surface area contributed by atoms with Gasteiger partial charge in [0.25, 0.3) is 0 Å². The fourth-order valence-electron chi connectivity index (χ4n) is 4.44. The van der Waals surface area contributed by atoms with E-state index >= 15 is 0 Å². The third-order valence-electron chi connectivity index (χ3n) is 6.41. The molecule has 31 heavy (non-hydrogen) atoms. The van der Waals surface area contributed by atoms with Crippen molar-refractivity contribution in [3.63, 3.8) is 0 Å². The molecule has 0 spiro atoms. The highest BCUT2D eigenvalue weighted by atomic mass is 16.6. The number of carbonyl (C=O) groups is 2. The number of carboxylic acid groups (broad SMARTS) is 2. The Hall–Kier alpha value is -2.01. The van der Waals surface area contributed by atoms with Crippen LogP contribution in [0.5, 0.6) is 0 Å². The third-order valence-corrected chi connectivity index (χ3v) is 6.41. The van der Waals surface area contributed by atoms with Gasteiger partial charge in [-0.25, -0.2) is 9.59 Å². The SMILES string of the molecule is CNCC(NC)ON=C[C@H]1CC[C@]2(O)C[C@@H](/C=C/CCO)CC[C@]12C.O=C(O)C(=O)O. The zero-order valence-electron chi connectivity index (χ0n) is 18.6. The molecular weight excluding hydrogens is 406 g/mol. The molecule has 2 rings (SSSR count). The molecule has 0 amide bonds. The Morgan fingerprint density at radius 1 is 1.23 bits per heavy atom. The summed E-state index contributed by atoms with van der Waals surface area (Å²) in [5, 5.41) is 45.3. The lowest BCUT2D eigenvalue weighted by atomic mass is 9.60. The molecule has 10 nitrogen and oxygen atoms in total. The predicted molar refractivity (Wildman–Crippen MR) is 116 cm³/mol. The first-order valence-corrected chi connectivity index (χ1v) is 10.6. The second-order valence-electron chi connectivity index (χ2n) is 8.34. The number of aliphatic hydroxyl groups excluding tert-OH is 1. The van der Waals surface area contributed by atoms with Gasteiger partial charge in [0, 0.05) is 30.7 Å².